The monoisotopic (exact) mass is 684 g/mol. The van der Waals surface area contributed by atoms with Gasteiger partial charge in [-0.3, -0.25) is 19.4 Å². The van der Waals surface area contributed by atoms with E-state index in [1.165, 1.54) is 5.56 Å². The molecule has 3 N–H and O–H groups in total. The third-order valence-corrected chi connectivity index (χ3v) is 11.5. The van der Waals surface area contributed by atoms with Crippen molar-refractivity contribution < 1.29 is 24.9 Å². The van der Waals surface area contributed by atoms with E-state index in [1.807, 2.05) is 73.7 Å². The van der Waals surface area contributed by atoms with Gasteiger partial charge in [-0.1, -0.05) is 110 Å². The summed E-state index contributed by atoms with van der Waals surface area (Å²) < 4.78 is 0. The Labute approximate surface area is 300 Å². The van der Waals surface area contributed by atoms with Crippen LogP contribution in [0.25, 0.3) is 22.4 Å². The number of allylic oxidation sites excluding steroid dienone is 2. The summed E-state index contributed by atoms with van der Waals surface area (Å²) in [6.07, 6.45) is 4.76. The number of carbonyl (C=O) groups excluding carboxylic acids is 2. The number of rotatable bonds is 11. The molecule has 4 atom stereocenters. The van der Waals surface area contributed by atoms with Crippen molar-refractivity contribution in [3.8, 4) is 5.75 Å². The second-order valence-corrected chi connectivity index (χ2v) is 14.4. The summed E-state index contributed by atoms with van der Waals surface area (Å²) in [5, 5.41) is 35.0. The number of benzene rings is 4. The zero-order valence-electron chi connectivity index (χ0n) is 29.3. The molecule has 2 heterocycles. The maximum Gasteiger partial charge on any atom is 0.234 e. The Kier molecular flexibility index (Phi) is 10.5. The second-order valence-electron chi connectivity index (χ2n) is 14.4. The SMILES string of the molecule is CCC1=C([C@H](O)CC/C(=C/c2ccc(O)c3ccccc23)c2ccccc2)[C@H](CO)[C@@H]2C(=O)N(C3CCN(Cc4ccccc4)CC3)C(=O)[C@@H]2C1. The molecule has 7 rings (SSSR count). The van der Waals surface area contributed by atoms with Gasteiger partial charge in [-0.05, 0) is 77.8 Å². The van der Waals surface area contributed by atoms with E-state index in [1.54, 1.807) is 11.0 Å². The van der Waals surface area contributed by atoms with Crippen molar-refractivity contribution in [2.24, 2.45) is 17.8 Å². The number of phenols is 1. The first-order valence-electron chi connectivity index (χ1n) is 18.5. The first-order valence-corrected chi connectivity index (χ1v) is 18.5. The Bertz CT molecular complexity index is 1930. The number of hydrogen-bond donors (Lipinski definition) is 3. The smallest absolute Gasteiger partial charge is 0.234 e. The van der Waals surface area contributed by atoms with Crippen LogP contribution in [0.5, 0.6) is 5.75 Å². The molecule has 4 aromatic rings. The van der Waals surface area contributed by atoms with Crippen LogP contribution in [0.15, 0.2) is 108 Å². The van der Waals surface area contributed by atoms with Crippen LogP contribution in [0.4, 0.5) is 0 Å². The summed E-state index contributed by atoms with van der Waals surface area (Å²) in [5.74, 6) is -1.81. The highest BCUT2D eigenvalue weighted by Crippen LogP contribution is 2.48. The first-order chi connectivity index (χ1) is 24.9. The Balaban J connectivity index is 1.10. The van der Waals surface area contributed by atoms with Crippen molar-refractivity contribution in [2.75, 3.05) is 19.7 Å². The fraction of sp³-hybridized carbons (Fsp3) is 0.364. The van der Waals surface area contributed by atoms with Gasteiger partial charge in [-0.15, -0.1) is 0 Å². The number of fused-ring (bicyclic) bond motifs is 2. The normalized spacial score (nSPS) is 22.5. The predicted molar refractivity (Wildman–Crippen MR) is 201 cm³/mol. The number of amides is 2. The van der Waals surface area contributed by atoms with Crippen LogP contribution in [0.3, 0.4) is 0 Å². The van der Waals surface area contributed by atoms with Crippen molar-refractivity contribution in [3.63, 3.8) is 0 Å². The number of aliphatic hydroxyl groups excluding tert-OH is 2. The molecule has 4 aromatic carbocycles. The number of phenolic OH excluding ortho intramolecular Hbond substituents is 1. The van der Waals surface area contributed by atoms with Crippen molar-refractivity contribution in [3.05, 3.63) is 125 Å². The first kappa shape index (κ1) is 34.9. The van der Waals surface area contributed by atoms with Gasteiger partial charge in [0.1, 0.15) is 5.75 Å². The largest absolute Gasteiger partial charge is 0.507 e. The maximum atomic E-state index is 14.2. The van der Waals surface area contributed by atoms with Crippen molar-refractivity contribution in [2.45, 2.75) is 64.1 Å². The molecule has 264 valence electrons. The van der Waals surface area contributed by atoms with Gasteiger partial charge in [0.2, 0.25) is 11.8 Å². The number of nitrogens with zero attached hydrogens (tertiary/aromatic N) is 2. The minimum Gasteiger partial charge on any atom is -0.507 e. The summed E-state index contributed by atoms with van der Waals surface area (Å²) in [5.41, 5.74) is 6.03. The van der Waals surface area contributed by atoms with Gasteiger partial charge in [0.25, 0.3) is 0 Å². The average Bonchev–Trinajstić information content (AvgIpc) is 3.42. The van der Waals surface area contributed by atoms with Gasteiger partial charge in [-0.25, -0.2) is 0 Å². The molecule has 0 radical (unpaired) electrons. The molecule has 3 aliphatic rings. The number of aliphatic hydroxyl groups is 2. The zero-order valence-corrected chi connectivity index (χ0v) is 29.3. The number of hydrogen-bond acceptors (Lipinski definition) is 6. The maximum absolute atomic E-state index is 14.2. The summed E-state index contributed by atoms with van der Waals surface area (Å²) in [4.78, 5) is 32.1. The zero-order chi connectivity index (χ0) is 35.5. The molecule has 2 fully saturated rings. The highest BCUT2D eigenvalue weighted by molar-refractivity contribution is 6.06. The lowest BCUT2D eigenvalue weighted by molar-refractivity contribution is -0.144. The Morgan fingerprint density at radius 2 is 1.53 bits per heavy atom. The van der Waals surface area contributed by atoms with E-state index in [0.717, 1.165) is 71.1 Å². The van der Waals surface area contributed by atoms with Crippen molar-refractivity contribution in [1.82, 2.24) is 9.80 Å². The van der Waals surface area contributed by atoms with Crippen LogP contribution in [0.2, 0.25) is 0 Å². The van der Waals surface area contributed by atoms with Gasteiger partial charge in [0, 0.05) is 37.0 Å². The predicted octanol–water partition coefficient (Wildman–Crippen LogP) is 7.21. The minimum atomic E-state index is -0.875. The molecule has 0 aromatic heterocycles. The molecule has 7 heteroatoms. The summed E-state index contributed by atoms with van der Waals surface area (Å²) in [7, 11) is 0. The number of imide groups is 1. The van der Waals surface area contributed by atoms with E-state index in [2.05, 4.69) is 35.2 Å². The Morgan fingerprint density at radius 3 is 2.22 bits per heavy atom. The standard InChI is InChI=1S/C44H48N2O5/c1-2-30-26-37-42(44(51)46(43(37)50)34-21-23-45(24-22-34)27-29-11-5-3-6-12-29)38(28-47)41(30)40(49)20-17-32(31-13-7-4-8-14-31)25-33-18-19-39(48)36-16-10-9-15-35(33)36/h3-16,18-19,25,34,37-38,40,42,47-49H,2,17,20-24,26-28H2,1H3/b32-25-/t37-,38+,40-,42-/m1/s1. The summed E-state index contributed by atoms with van der Waals surface area (Å²) >= 11 is 0. The van der Waals surface area contributed by atoms with Gasteiger partial charge < -0.3 is 15.3 Å². The van der Waals surface area contributed by atoms with E-state index >= 15 is 0 Å². The summed E-state index contributed by atoms with van der Waals surface area (Å²) in [6, 6.07) is 31.7. The molecule has 1 aliphatic carbocycles. The molecule has 0 bridgehead atoms. The number of piperidine rings is 1. The number of likely N-dealkylation sites (tertiary alicyclic amines) is 2. The van der Waals surface area contributed by atoms with Gasteiger partial charge in [0.05, 0.1) is 24.5 Å². The number of aromatic hydroxyl groups is 1. The highest BCUT2D eigenvalue weighted by atomic mass is 16.3. The quantitative estimate of drug-likeness (QED) is 0.0877. The average molecular weight is 685 g/mol. The fourth-order valence-electron chi connectivity index (χ4n) is 8.88. The molecule has 0 spiro atoms. The summed E-state index contributed by atoms with van der Waals surface area (Å²) in [6.45, 7) is 4.22. The van der Waals surface area contributed by atoms with Crippen LogP contribution in [-0.4, -0.2) is 68.8 Å². The molecule has 2 amide bonds. The Morgan fingerprint density at radius 1 is 0.863 bits per heavy atom. The van der Waals surface area contributed by atoms with E-state index < -0.39 is 23.9 Å². The van der Waals surface area contributed by atoms with E-state index in [4.69, 9.17) is 0 Å². The van der Waals surface area contributed by atoms with E-state index in [0.29, 0.717) is 25.7 Å². The lowest BCUT2D eigenvalue weighted by Gasteiger charge is -2.37. The molecule has 0 saturated carbocycles. The molecule has 51 heavy (non-hydrogen) atoms. The third kappa shape index (κ3) is 7.03. The minimum absolute atomic E-state index is 0.111. The molecule has 7 nitrogen and oxygen atoms in total. The lowest BCUT2D eigenvalue weighted by atomic mass is 9.67. The topological polar surface area (TPSA) is 101 Å². The van der Waals surface area contributed by atoms with Gasteiger partial charge in [0.15, 0.2) is 0 Å². The van der Waals surface area contributed by atoms with E-state index in [-0.39, 0.29) is 30.2 Å². The third-order valence-electron chi connectivity index (χ3n) is 11.5. The van der Waals surface area contributed by atoms with Crippen LogP contribution in [0, 0.1) is 17.8 Å². The number of carbonyl (C=O) groups is 2. The van der Waals surface area contributed by atoms with Crippen LogP contribution in [0.1, 0.15) is 62.1 Å². The van der Waals surface area contributed by atoms with Gasteiger partial charge in [-0.2, -0.15) is 0 Å². The van der Waals surface area contributed by atoms with Gasteiger partial charge >= 0.3 is 0 Å². The Hall–Kier alpha value is -4.56. The van der Waals surface area contributed by atoms with Crippen molar-refractivity contribution in [1.29, 1.82) is 0 Å². The molecular formula is C44H48N2O5. The van der Waals surface area contributed by atoms with Crippen molar-refractivity contribution >= 4 is 34.2 Å². The second kappa shape index (κ2) is 15.4. The highest BCUT2D eigenvalue weighted by Gasteiger charge is 2.56. The molecule has 0 unspecified atom stereocenters. The lowest BCUT2D eigenvalue weighted by Crippen LogP contribution is -2.47. The van der Waals surface area contributed by atoms with Crippen LogP contribution in [-0.2, 0) is 16.1 Å². The van der Waals surface area contributed by atoms with Crippen LogP contribution < -0.4 is 0 Å². The molecule has 2 saturated heterocycles. The van der Waals surface area contributed by atoms with Crippen LogP contribution >= 0.6 is 0 Å². The molecule has 2 aliphatic heterocycles. The van der Waals surface area contributed by atoms with E-state index in [9.17, 15) is 24.9 Å². The molecular weight excluding hydrogens is 636 g/mol. The fourth-order valence-corrected chi connectivity index (χ4v) is 8.88.